The lowest BCUT2D eigenvalue weighted by molar-refractivity contribution is -0.112. The molecule has 0 rings (SSSR count). The van der Waals surface area contributed by atoms with E-state index < -0.39 is 17.8 Å². The molecule has 9 heavy (non-hydrogen) atoms. The predicted molar refractivity (Wildman–Crippen MR) is 35.7 cm³/mol. The molecule has 0 N–H and O–H groups in total. The van der Waals surface area contributed by atoms with Gasteiger partial charge in [0.15, 0.2) is 0 Å². The molecule has 0 aromatic rings. The van der Waals surface area contributed by atoms with E-state index in [4.69, 9.17) is 23.2 Å². The first-order valence-corrected chi connectivity index (χ1v) is 3.42. The third-order valence-electron chi connectivity index (χ3n) is 0.886. The van der Waals surface area contributed by atoms with Crippen LogP contribution >= 0.6 is 23.2 Å². The van der Waals surface area contributed by atoms with Gasteiger partial charge in [-0.15, -0.1) is 11.6 Å². The normalized spacial score (nSPS) is 13.2. The Morgan fingerprint density at radius 3 is 2.33 bits per heavy atom. The van der Waals surface area contributed by atoms with Crippen molar-refractivity contribution < 1.29 is 9.18 Å². The van der Waals surface area contributed by atoms with Gasteiger partial charge in [0.25, 0.3) is 0 Å². The molecule has 0 saturated carbocycles. The first-order valence-electron chi connectivity index (χ1n) is 2.51. The summed E-state index contributed by atoms with van der Waals surface area (Å²) in [5.41, 5.74) is 0. The van der Waals surface area contributed by atoms with Crippen LogP contribution < -0.4 is 0 Å². The van der Waals surface area contributed by atoms with Gasteiger partial charge in [-0.1, -0.05) is 0 Å². The Hall–Kier alpha value is 0.180. The van der Waals surface area contributed by atoms with Crippen molar-refractivity contribution >= 4 is 28.4 Å². The molecule has 0 aliphatic rings. The molecule has 0 aliphatic carbocycles. The number of halogens is 3. The van der Waals surface area contributed by atoms with Crippen LogP contribution in [0.4, 0.5) is 4.39 Å². The second-order valence-corrected chi connectivity index (χ2v) is 2.46. The molecule has 0 saturated heterocycles. The summed E-state index contributed by atoms with van der Waals surface area (Å²) in [6.07, 6.45) is 0.0293. The maximum Gasteiger partial charge on any atom is 0.222 e. The van der Waals surface area contributed by atoms with Crippen molar-refractivity contribution in [2.75, 3.05) is 12.6 Å². The van der Waals surface area contributed by atoms with Gasteiger partial charge in [-0.2, -0.15) is 0 Å². The van der Waals surface area contributed by atoms with Crippen LogP contribution in [0.1, 0.15) is 6.42 Å². The van der Waals surface area contributed by atoms with E-state index in [1.807, 2.05) is 0 Å². The molecule has 54 valence electrons. The molecule has 0 amide bonds. The first kappa shape index (κ1) is 9.18. The van der Waals surface area contributed by atoms with E-state index in [1.54, 1.807) is 0 Å². The fourth-order valence-corrected chi connectivity index (χ4v) is 0.787. The van der Waals surface area contributed by atoms with Crippen LogP contribution in [0.3, 0.4) is 0 Å². The van der Waals surface area contributed by atoms with E-state index in [9.17, 15) is 9.18 Å². The summed E-state index contributed by atoms with van der Waals surface area (Å²) in [7, 11) is 0. The van der Waals surface area contributed by atoms with E-state index in [-0.39, 0.29) is 12.3 Å². The van der Waals surface area contributed by atoms with Crippen LogP contribution in [-0.4, -0.2) is 17.8 Å². The molecule has 4 heteroatoms. The SMILES string of the molecule is O=C(Cl)CC(CF)CCl. The molecule has 0 fully saturated rings. The highest BCUT2D eigenvalue weighted by Crippen LogP contribution is 2.07. The van der Waals surface area contributed by atoms with Crippen molar-refractivity contribution in [3.63, 3.8) is 0 Å². The van der Waals surface area contributed by atoms with Gasteiger partial charge in [0.2, 0.25) is 5.24 Å². The third-order valence-corrected chi connectivity index (χ3v) is 1.48. The standard InChI is InChI=1S/C5H7Cl2FO/c6-2-4(3-8)1-5(7)9/h4H,1-3H2. The Morgan fingerprint density at radius 1 is 1.67 bits per heavy atom. The Balaban J connectivity index is 3.43. The minimum absolute atomic E-state index is 0.0293. The molecule has 0 bridgehead atoms. The van der Waals surface area contributed by atoms with Crippen LogP contribution in [0.15, 0.2) is 0 Å². The molecular formula is C5H7Cl2FO. The minimum atomic E-state index is -0.581. The monoisotopic (exact) mass is 172 g/mol. The number of hydrogen-bond acceptors (Lipinski definition) is 1. The molecule has 0 spiro atoms. The number of rotatable bonds is 4. The molecule has 0 radical (unpaired) electrons. The zero-order chi connectivity index (χ0) is 7.28. The topological polar surface area (TPSA) is 17.1 Å². The van der Waals surface area contributed by atoms with Gasteiger partial charge < -0.3 is 0 Å². The zero-order valence-electron chi connectivity index (χ0n) is 4.74. The number of carbonyl (C=O) groups excluding carboxylic acids is 1. The summed E-state index contributed by atoms with van der Waals surface area (Å²) in [4.78, 5) is 10.1. The van der Waals surface area contributed by atoms with E-state index in [1.165, 1.54) is 0 Å². The molecule has 0 aromatic heterocycles. The summed E-state index contributed by atoms with van der Waals surface area (Å²) < 4.78 is 11.7. The van der Waals surface area contributed by atoms with Crippen molar-refractivity contribution in [2.45, 2.75) is 6.42 Å². The van der Waals surface area contributed by atoms with Crippen LogP contribution in [0.5, 0.6) is 0 Å². The Labute approximate surface area is 63.1 Å². The zero-order valence-corrected chi connectivity index (χ0v) is 6.25. The van der Waals surface area contributed by atoms with E-state index >= 15 is 0 Å². The summed E-state index contributed by atoms with van der Waals surface area (Å²) in [6, 6.07) is 0. The highest BCUT2D eigenvalue weighted by atomic mass is 35.5. The quantitative estimate of drug-likeness (QED) is 0.469. The second-order valence-electron chi connectivity index (χ2n) is 1.73. The van der Waals surface area contributed by atoms with Gasteiger partial charge >= 0.3 is 0 Å². The summed E-state index contributed by atoms with van der Waals surface area (Å²) in [5.74, 6) is -0.258. The Kier molecular flexibility index (Phi) is 5.10. The summed E-state index contributed by atoms with van der Waals surface area (Å²) in [6.45, 7) is -0.581. The summed E-state index contributed by atoms with van der Waals surface area (Å²) in [5, 5.41) is -0.529. The van der Waals surface area contributed by atoms with E-state index in [2.05, 4.69) is 0 Å². The molecular weight excluding hydrogens is 166 g/mol. The van der Waals surface area contributed by atoms with Crippen molar-refractivity contribution in [1.29, 1.82) is 0 Å². The maximum absolute atomic E-state index is 11.7. The lowest BCUT2D eigenvalue weighted by Crippen LogP contribution is -2.07. The highest BCUT2D eigenvalue weighted by molar-refractivity contribution is 6.63. The highest BCUT2D eigenvalue weighted by Gasteiger charge is 2.09. The van der Waals surface area contributed by atoms with Crippen LogP contribution in [-0.2, 0) is 4.79 Å². The maximum atomic E-state index is 11.7. The van der Waals surface area contributed by atoms with Crippen molar-refractivity contribution in [1.82, 2.24) is 0 Å². The van der Waals surface area contributed by atoms with Crippen molar-refractivity contribution in [3.05, 3.63) is 0 Å². The first-order chi connectivity index (χ1) is 4.20. The van der Waals surface area contributed by atoms with Gasteiger partial charge in [0.1, 0.15) is 0 Å². The number of carbonyl (C=O) groups is 1. The van der Waals surface area contributed by atoms with Gasteiger partial charge in [-0.3, -0.25) is 9.18 Å². The molecule has 0 aromatic carbocycles. The fourth-order valence-electron chi connectivity index (χ4n) is 0.377. The van der Waals surface area contributed by atoms with Gasteiger partial charge in [-0.05, 0) is 11.6 Å². The lowest BCUT2D eigenvalue weighted by Gasteiger charge is -2.02. The predicted octanol–water partition coefficient (Wildman–Crippen LogP) is 1.97. The largest absolute Gasteiger partial charge is 0.281 e. The van der Waals surface area contributed by atoms with E-state index in [0.717, 1.165) is 0 Å². The Bertz CT molecular complexity index is 93.0. The van der Waals surface area contributed by atoms with Crippen molar-refractivity contribution in [3.8, 4) is 0 Å². The smallest absolute Gasteiger partial charge is 0.222 e. The Morgan fingerprint density at radius 2 is 2.22 bits per heavy atom. The van der Waals surface area contributed by atoms with Gasteiger partial charge in [0.05, 0.1) is 6.67 Å². The summed E-state index contributed by atoms with van der Waals surface area (Å²) >= 11 is 10.2. The molecule has 0 heterocycles. The number of hydrogen-bond donors (Lipinski definition) is 0. The molecule has 1 atom stereocenters. The molecule has 0 aliphatic heterocycles. The van der Waals surface area contributed by atoms with Crippen LogP contribution in [0.2, 0.25) is 0 Å². The minimum Gasteiger partial charge on any atom is -0.281 e. The van der Waals surface area contributed by atoms with Gasteiger partial charge in [0, 0.05) is 18.2 Å². The van der Waals surface area contributed by atoms with Crippen LogP contribution in [0.25, 0.3) is 0 Å². The average molecular weight is 173 g/mol. The van der Waals surface area contributed by atoms with Gasteiger partial charge in [-0.25, -0.2) is 0 Å². The molecule has 1 unspecified atom stereocenters. The average Bonchev–Trinajstić information content (AvgIpc) is 1.82. The third kappa shape index (κ3) is 4.67. The second kappa shape index (κ2) is 5.00. The fraction of sp³-hybridized carbons (Fsp3) is 0.800. The van der Waals surface area contributed by atoms with Crippen molar-refractivity contribution in [2.24, 2.45) is 5.92 Å². The number of alkyl halides is 2. The van der Waals surface area contributed by atoms with E-state index in [0.29, 0.717) is 0 Å². The van der Waals surface area contributed by atoms with Crippen LogP contribution in [0, 0.1) is 5.92 Å². The lowest BCUT2D eigenvalue weighted by atomic mass is 10.1. The molecule has 1 nitrogen and oxygen atoms in total.